The molecule has 9 heteroatoms. The van der Waals surface area contributed by atoms with E-state index in [4.69, 9.17) is 5.26 Å². The second-order valence-corrected chi connectivity index (χ2v) is 7.95. The lowest BCUT2D eigenvalue weighted by atomic mass is 10.2. The second kappa shape index (κ2) is 6.72. The molecule has 2 heterocycles. The number of aromatic nitrogens is 2. The normalized spacial score (nSPS) is 17.0. The van der Waals surface area contributed by atoms with Crippen molar-refractivity contribution in [3.63, 3.8) is 0 Å². The number of piperazine rings is 1. The molecule has 1 saturated heterocycles. The van der Waals surface area contributed by atoms with E-state index < -0.39 is 10.0 Å². The highest BCUT2D eigenvalue weighted by Gasteiger charge is 2.30. The zero-order valence-corrected chi connectivity index (χ0v) is 13.9. The van der Waals surface area contributed by atoms with Crippen LogP contribution in [0.3, 0.4) is 0 Å². The lowest BCUT2D eigenvalue weighted by Gasteiger charge is -2.33. The SMILES string of the molecule is N#Cc1ccccc1S(=O)(=O)N1CCN(Cc2cnns2)CC1. The van der Waals surface area contributed by atoms with Gasteiger partial charge in [-0.3, -0.25) is 4.90 Å². The minimum atomic E-state index is -3.63. The molecule has 1 aromatic heterocycles. The predicted molar refractivity (Wildman–Crippen MR) is 85.1 cm³/mol. The minimum Gasteiger partial charge on any atom is -0.296 e. The molecular weight excluding hydrogens is 334 g/mol. The Hall–Kier alpha value is -1.86. The number of nitrogens with zero attached hydrogens (tertiary/aromatic N) is 5. The van der Waals surface area contributed by atoms with Crippen molar-refractivity contribution < 1.29 is 8.42 Å². The Balaban J connectivity index is 1.70. The van der Waals surface area contributed by atoms with Crippen LogP contribution in [0.2, 0.25) is 0 Å². The summed E-state index contributed by atoms with van der Waals surface area (Å²) in [6, 6.07) is 8.27. The van der Waals surface area contributed by atoms with Crippen molar-refractivity contribution in [1.29, 1.82) is 5.26 Å². The van der Waals surface area contributed by atoms with E-state index in [0.29, 0.717) is 26.2 Å². The van der Waals surface area contributed by atoms with Crippen LogP contribution in [-0.4, -0.2) is 53.4 Å². The van der Waals surface area contributed by atoms with Gasteiger partial charge >= 0.3 is 0 Å². The van der Waals surface area contributed by atoms with Gasteiger partial charge in [-0.05, 0) is 23.7 Å². The summed E-state index contributed by atoms with van der Waals surface area (Å²) in [5.41, 5.74) is 0.186. The summed E-state index contributed by atoms with van der Waals surface area (Å²) >= 11 is 1.35. The van der Waals surface area contributed by atoms with Crippen LogP contribution in [0.15, 0.2) is 35.4 Å². The molecule has 0 N–H and O–H groups in total. The first-order valence-corrected chi connectivity index (χ1v) is 9.30. The van der Waals surface area contributed by atoms with Gasteiger partial charge in [-0.2, -0.15) is 9.57 Å². The smallest absolute Gasteiger partial charge is 0.244 e. The first-order valence-electron chi connectivity index (χ1n) is 7.09. The average Bonchev–Trinajstić information content (AvgIpc) is 3.08. The molecule has 2 aromatic rings. The fourth-order valence-corrected chi connectivity index (χ4v) is 4.63. The molecule has 1 aromatic carbocycles. The molecule has 120 valence electrons. The lowest BCUT2D eigenvalue weighted by molar-refractivity contribution is 0.183. The number of sulfonamides is 1. The van der Waals surface area contributed by atoms with Crippen molar-refractivity contribution in [2.75, 3.05) is 26.2 Å². The van der Waals surface area contributed by atoms with Crippen LogP contribution in [0.1, 0.15) is 10.4 Å². The molecule has 1 fully saturated rings. The maximum absolute atomic E-state index is 12.7. The van der Waals surface area contributed by atoms with Crippen molar-refractivity contribution in [3.8, 4) is 6.07 Å². The van der Waals surface area contributed by atoms with Crippen LogP contribution >= 0.6 is 11.5 Å². The molecule has 0 atom stereocenters. The van der Waals surface area contributed by atoms with Gasteiger partial charge in [-0.15, -0.1) is 5.10 Å². The summed E-state index contributed by atoms with van der Waals surface area (Å²) in [6.45, 7) is 2.85. The monoisotopic (exact) mass is 349 g/mol. The molecule has 0 bridgehead atoms. The van der Waals surface area contributed by atoms with Gasteiger partial charge in [0.05, 0.1) is 21.5 Å². The van der Waals surface area contributed by atoms with E-state index >= 15 is 0 Å². The van der Waals surface area contributed by atoms with Crippen molar-refractivity contribution >= 4 is 21.6 Å². The zero-order valence-electron chi connectivity index (χ0n) is 12.3. The second-order valence-electron chi connectivity index (χ2n) is 5.17. The first-order chi connectivity index (χ1) is 11.1. The van der Waals surface area contributed by atoms with E-state index in [1.807, 2.05) is 6.07 Å². The van der Waals surface area contributed by atoms with Crippen molar-refractivity contribution in [1.82, 2.24) is 18.8 Å². The Labute approximate surface area is 139 Å². The summed E-state index contributed by atoms with van der Waals surface area (Å²) in [4.78, 5) is 3.33. The van der Waals surface area contributed by atoms with E-state index in [9.17, 15) is 8.42 Å². The van der Waals surface area contributed by atoms with E-state index in [0.717, 1.165) is 11.4 Å². The molecule has 7 nitrogen and oxygen atoms in total. The van der Waals surface area contributed by atoms with Crippen molar-refractivity contribution in [2.45, 2.75) is 11.4 Å². The standard InChI is InChI=1S/C14H15N5O2S2/c15-9-12-3-1-2-4-14(12)23(20,21)19-7-5-18(6-8-19)11-13-10-16-17-22-13/h1-4,10H,5-8,11H2. The Bertz CT molecular complexity index is 806. The molecule has 1 aliphatic rings. The summed E-state index contributed by atoms with van der Waals surface area (Å²) in [7, 11) is -3.63. The van der Waals surface area contributed by atoms with Gasteiger partial charge in [0.25, 0.3) is 0 Å². The average molecular weight is 349 g/mol. The zero-order chi connectivity index (χ0) is 16.3. The van der Waals surface area contributed by atoms with Crippen LogP contribution in [0.5, 0.6) is 0 Å². The maximum Gasteiger partial charge on any atom is 0.244 e. The summed E-state index contributed by atoms with van der Waals surface area (Å²) < 4.78 is 30.7. The van der Waals surface area contributed by atoms with Crippen LogP contribution in [0, 0.1) is 11.3 Å². The van der Waals surface area contributed by atoms with Gasteiger partial charge in [-0.25, -0.2) is 8.42 Å². The largest absolute Gasteiger partial charge is 0.296 e. The highest BCUT2D eigenvalue weighted by Crippen LogP contribution is 2.21. The number of benzene rings is 1. The number of hydrogen-bond acceptors (Lipinski definition) is 7. The van der Waals surface area contributed by atoms with Gasteiger partial charge < -0.3 is 0 Å². The predicted octanol–water partition coefficient (Wildman–Crippen LogP) is 0.916. The molecule has 0 radical (unpaired) electrons. The molecule has 0 unspecified atom stereocenters. The summed E-state index contributed by atoms with van der Waals surface area (Å²) in [5, 5.41) is 12.9. The maximum atomic E-state index is 12.7. The first kappa shape index (κ1) is 16.0. The molecule has 0 spiro atoms. The molecular formula is C14H15N5O2S2. The van der Waals surface area contributed by atoms with Crippen LogP contribution in [0.25, 0.3) is 0 Å². The lowest BCUT2D eigenvalue weighted by Crippen LogP contribution is -2.48. The Morgan fingerprint density at radius 3 is 2.61 bits per heavy atom. The molecule has 0 amide bonds. The minimum absolute atomic E-state index is 0.0857. The van der Waals surface area contributed by atoms with Gasteiger partial charge in [-0.1, -0.05) is 16.6 Å². The number of hydrogen-bond donors (Lipinski definition) is 0. The van der Waals surface area contributed by atoms with Gasteiger partial charge in [0.1, 0.15) is 6.07 Å². The fourth-order valence-electron chi connectivity index (χ4n) is 2.53. The van der Waals surface area contributed by atoms with E-state index in [1.54, 1.807) is 18.3 Å². The Kier molecular flexibility index (Phi) is 4.68. The molecule has 0 saturated carbocycles. The Morgan fingerprint density at radius 1 is 1.22 bits per heavy atom. The number of rotatable bonds is 4. The quantitative estimate of drug-likeness (QED) is 0.815. The number of nitriles is 1. The summed E-state index contributed by atoms with van der Waals surface area (Å²) in [6.07, 6.45) is 1.73. The third kappa shape index (κ3) is 3.40. The Morgan fingerprint density at radius 2 is 1.96 bits per heavy atom. The molecule has 3 rings (SSSR count). The van der Waals surface area contributed by atoms with Crippen molar-refractivity contribution in [2.24, 2.45) is 0 Å². The van der Waals surface area contributed by atoms with Gasteiger partial charge in [0.2, 0.25) is 10.0 Å². The highest BCUT2D eigenvalue weighted by atomic mass is 32.2. The van der Waals surface area contributed by atoms with E-state index in [-0.39, 0.29) is 10.5 Å². The van der Waals surface area contributed by atoms with Crippen LogP contribution in [-0.2, 0) is 16.6 Å². The third-order valence-corrected chi connectivity index (χ3v) is 6.34. The van der Waals surface area contributed by atoms with E-state index in [1.165, 1.54) is 28.0 Å². The van der Waals surface area contributed by atoms with Crippen LogP contribution in [0.4, 0.5) is 0 Å². The summed E-state index contributed by atoms with van der Waals surface area (Å²) in [5.74, 6) is 0. The van der Waals surface area contributed by atoms with Crippen molar-refractivity contribution in [3.05, 3.63) is 40.9 Å². The highest BCUT2D eigenvalue weighted by molar-refractivity contribution is 7.89. The van der Waals surface area contributed by atoms with E-state index in [2.05, 4.69) is 14.5 Å². The van der Waals surface area contributed by atoms with Crippen LogP contribution < -0.4 is 0 Å². The molecule has 23 heavy (non-hydrogen) atoms. The van der Waals surface area contributed by atoms with Gasteiger partial charge in [0.15, 0.2) is 0 Å². The van der Waals surface area contributed by atoms with Gasteiger partial charge in [0, 0.05) is 32.7 Å². The topological polar surface area (TPSA) is 90.2 Å². The fraction of sp³-hybridized carbons (Fsp3) is 0.357. The third-order valence-electron chi connectivity index (χ3n) is 3.74. The molecule has 0 aliphatic carbocycles. The molecule has 1 aliphatic heterocycles.